The van der Waals surface area contributed by atoms with Crippen LogP contribution in [-0.4, -0.2) is 34.2 Å². The highest BCUT2D eigenvalue weighted by Crippen LogP contribution is 2.33. The highest BCUT2D eigenvalue weighted by atomic mass is 35.5. The molecule has 0 radical (unpaired) electrons. The number of carbonyl (C=O) groups is 2. The van der Waals surface area contributed by atoms with Gasteiger partial charge in [0.15, 0.2) is 5.17 Å². The maximum atomic E-state index is 13.3. The minimum atomic E-state index is -0.565. The molecule has 0 aromatic heterocycles. The molecule has 8 heteroatoms. The third-order valence-corrected chi connectivity index (χ3v) is 6.39. The van der Waals surface area contributed by atoms with Crippen LogP contribution in [0.25, 0.3) is 0 Å². The zero-order valence-electron chi connectivity index (χ0n) is 17.9. The lowest BCUT2D eigenvalue weighted by Gasteiger charge is -2.16. The molecular weight excluding hydrogens is 458 g/mol. The number of ether oxygens (including phenoxy) is 1. The van der Waals surface area contributed by atoms with Gasteiger partial charge in [-0.05, 0) is 48.0 Å². The maximum absolute atomic E-state index is 13.3. The Labute approximate surface area is 201 Å². The number of methoxy groups -OCH3 is 1. The van der Waals surface area contributed by atoms with Gasteiger partial charge in [0, 0.05) is 17.1 Å². The zero-order valence-corrected chi connectivity index (χ0v) is 19.5. The molecule has 1 aliphatic heterocycles. The first kappa shape index (κ1) is 22.9. The van der Waals surface area contributed by atoms with Gasteiger partial charge in [0.25, 0.3) is 0 Å². The van der Waals surface area contributed by atoms with Gasteiger partial charge in [0.05, 0.1) is 19.3 Å². The van der Waals surface area contributed by atoms with Gasteiger partial charge >= 0.3 is 0 Å². The molecule has 6 nitrogen and oxygen atoms in total. The largest absolute Gasteiger partial charge is 0.497 e. The third-order valence-electron chi connectivity index (χ3n) is 4.98. The van der Waals surface area contributed by atoms with Crippen molar-refractivity contribution in [3.05, 3.63) is 89.4 Å². The number of benzene rings is 3. The lowest BCUT2D eigenvalue weighted by Crippen LogP contribution is -2.33. The first-order chi connectivity index (χ1) is 16.0. The average Bonchev–Trinajstić information content (AvgIpc) is 3.09. The van der Waals surface area contributed by atoms with Gasteiger partial charge in [-0.1, -0.05) is 59.8 Å². The fourth-order valence-corrected chi connectivity index (χ4v) is 4.70. The SMILES string of the molecule is COc1ccc(N=C2SC(CC(=O)Nc3cccc(Cl)c3)C(=O)N2Cc2ccccc2)cc1. The number of aliphatic imine (C=N–C) groups is 1. The Bertz CT molecular complexity index is 1170. The Morgan fingerprint density at radius 2 is 1.85 bits per heavy atom. The van der Waals surface area contributed by atoms with E-state index in [4.69, 9.17) is 21.3 Å². The van der Waals surface area contributed by atoms with E-state index >= 15 is 0 Å². The van der Waals surface area contributed by atoms with Crippen LogP contribution in [0.2, 0.25) is 5.02 Å². The van der Waals surface area contributed by atoms with Gasteiger partial charge in [0.1, 0.15) is 11.0 Å². The van der Waals surface area contributed by atoms with E-state index in [-0.39, 0.29) is 18.2 Å². The van der Waals surface area contributed by atoms with Crippen molar-refractivity contribution >= 4 is 51.7 Å². The van der Waals surface area contributed by atoms with Gasteiger partial charge in [-0.15, -0.1) is 0 Å². The lowest BCUT2D eigenvalue weighted by atomic mass is 10.2. The number of thioether (sulfide) groups is 1. The Kier molecular flexibility index (Phi) is 7.32. The van der Waals surface area contributed by atoms with Crippen LogP contribution >= 0.6 is 23.4 Å². The Morgan fingerprint density at radius 3 is 2.55 bits per heavy atom. The van der Waals surface area contributed by atoms with Crippen molar-refractivity contribution in [1.29, 1.82) is 0 Å². The van der Waals surface area contributed by atoms with Crippen LogP contribution in [0.1, 0.15) is 12.0 Å². The van der Waals surface area contributed by atoms with Crippen molar-refractivity contribution in [2.24, 2.45) is 4.99 Å². The molecule has 0 spiro atoms. The van der Waals surface area contributed by atoms with E-state index in [0.29, 0.717) is 28.1 Å². The van der Waals surface area contributed by atoms with Gasteiger partial charge in [-0.25, -0.2) is 4.99 Å². The van der Waals surface area contributed by atoms with E-state index in [1.54, 1.807) is 36.3 Å². The number of anilines is 1. The number of hydrogen-bond acceptors (Lipinski definition) is 5. The third kappa shape index (κ3) is 5.94. The molecule has 1 unspecified atom stereocenters. The number of hydrogen-bond donors (Lipinski definition) is 1. The molecular formula is C25H22ClN3O3S. The fourth-order valence-electron chi connectivity index (χ4n) is 3.35. The summed E-state index contributed by atoms with van der Waals surface area (Å²) in [5.41, 5.74) is 2.28. The number of nitrogens with one attached hydrogen (secondary N) is 1. The number of amidine groups is 1. The van der Waals surface area contributed by atoms with Gasteiger partial charge in [0.2, 0.25) is 11.8 Å². The molecule has 1 atom stereocenters. The topological polar surface area (TPSA) is 71.0 Å². The summed E-state index contributed by atoms with van der Waals surface area (Å²) in [4.78, 5) is 32.2. The summed E-state index contributed by atoms with van der Waals surface area (Å²) in [5.74, 6) is 0.330. The minimum Gasteiger partial charge on any atom is -0.497 e. The van der Waals surface area contributed by atoms with Crippen LogP contribution in [0.3, 0.4) is 0 Å². The van der Waals surface area contributed by atoms with E-state index in [9.17, 15) is 9.59 Å². The summed E-state index contributed by atoms with van der Waals surface area (Å²) in [5, 5.41) is 3.34. The Hall–Kier alpha value is -3.29. The molecule has 1 fully saturated rings. The quantitative estimate of drug-likeness (QED) is 0.485. The van der Waals surface area contributed by atoms with E-state index in [1.165, 1.54) is 11.8 Å². The summed E-state index contributed by atoms with van der Waals surface area (Å²) in [6, 6.07) is 23.9. The average molecular weight is 480 g/mol. The summed E-state index contributed by atoms with van der Waals surface area (Å²) in [7, 11) is 1.60. The summed E-state index contributed by atoms with van der Waals surface area (Å²) < 4.78 is 5.20. The second kappa shape index (κ2) is 10.6. The highest BCUT2D eigenvalue weighted by Gasteiger charge is 2.39. The maximum Gasteiger partial charge on any atom is 0.242 e. The van der Waals surface area contributed by atoms with Crippen molar-refractivity contribution in [3.8, 4) is 5.75 Å². The molecule has 1 aliphatic rings. The van der Waals surface area contributed by atoms with Crippen molar-refractivity contribution in [2.45, 2.75) is 18.2 Å². The van der Waals surface area contributed by atoms with Crippen molar-refractivity contribution in [3.63, 3.8) is 0 Å². The van der Waals surface area contributed by atoms with Gasteiger partial charge in [-0.2, -0.15) is 0 Å². The zero-order chi connectivity index (χ0) is 23.2. The fraction of sp³-hybridized carbons (Fsp3) is 0.160. The molecule has 1 saturated heterocycles. The van der Waals surface area contributed by atoms with Crippen molar-refractivity contribution in [2.75, 3.05) is 12.4 Å². The van der Waals surface area contributed by atoms with Crippen LogP contribution in [-0.2, 0) is 16.1 Å². The Morgan fingerprint density at radius 1 is 1.09 bits per heavy atom. The Balaban J connectivity index is 1.54. The summed E-state index contributed by atoms with van der Waals surface area (Å²) in [6.45, 7) is 0.383. The molecule has 0 aliphatic carbocycles. The number of carbonyl (C=O) groups excluding carboxylic acids is 2. The molecule has 168 valence electrons. The minimum absolute atomic E-state index is 0.0307. The molecule has 4 rings (SSSR count). The van der Waals surface area contributed by atoms with Gasteiger partial charge in [-0.3, -0.25) is 14.5 Å². The second-order valence-electron chi connectivity index (χ2n) is 7.37. The molecule has 2 amide bonds. The molecule has 1 heterocycles. The lowest BCUT2D eigenvalue weighted by molar-refractivity contribution is -0.128. The number of halogens is 1. The molecule has 0 bridgehead atoms. The molecule has 33 heavy (non-hydrogen) atoms. The highest BCUT2D eigenvalue weighted by molar-refractivity contribution is 8.15. The van der Waals surface area contributed by atoms with Crippen molar-refractivity contribution < 1.29 is 14.3 Å². The van der Waals surface area contributed by atoms with Gasteiger partial charge < -0.3 is 10.1 Å². The predicted octanol–water partition coefficient (Wildman–Crippen LogP) is 5.51. The molecule has 0 saturated carbocycles. The van der Waals surface area contributed by atoms with Crippen LogP contribution in [0.5, 0.6) is 5.75 Å². The van der Waals surface area contributed by atoms with Crippen molar-refractivity contribution in [1.82, 2.24) is 4.90 Å². The van der Waals surface area contributed by atoms with E-state index < -0.39 is 5.25 Å². The van der Waals surface area contributed by atoms with Crippen LogP contribution < -0.4 is 10.1 Å². The van der Waals surface area contributed by atoms with E-state index in [0.717, 1.165) is 11.3 Å². The first-order valence-corrected chi connectivity index (χ1v) is 11.6. The van der Waals surface area contributed by atoms with E-state index in [2.05, 4.69) is 5.32 Å². The molecule has 3 aromatic carbocycles. The first-order valence-electron chi connectivity index (χ1n) is 10.3. The number of rotatable bonds is 7. The van der Waals surface area contributed by atoms with Crippen LogP contribution in [0.15, 0.2) is 83.9 Å². The number of amides is 2. The second-order valence-corrected chi connectivity index (χ2v) is 8.98. The van der Waals surface area contributed by atoms with Crippen LogP contribution in [0.4, 0.5) is 11.4 Å². The normalized spacial score (nSPS) is 16.8. The predicted molar refractivity (Wildman–Crippen MR) is 133 cm³/mol. The smallest absolute Gasteiger partial charge is 0.242 e. The number of nitrogens with zero attached hydrogens (tertiary/aromatic N) is 2. The summed E-state index contributed by atoms with van der Waals surface area (Å²) >= 11 is 7.29. The molecule has 3 aromatic rings. The summed E-state index contributed by atoms with van der Waals surface area (Å²) in [6.07, 6.45) is 0.0307. The van der Waals surface area contributed by atoms with E-state index in [1.807, 2.05) is 54.6 Å². The monoisotopic (exact) mass is 479 g/mol. The van der Waals surface area contributed by atoms with Crippen LogP contribution in [0, 0.1) is 0 Å². The standard InChI is InChI=1S/C25H22ClN3O3S/c1-32-21-12-10-19(11-13-21)28-25-29(16-17-6-3-2-4-7-17)24(31)22(33-25)15-23(30)27-20-9-5-8-18(26)14-20/h2-14,22H,15-16H2,1H3,(H,27,30). The molecule has 1 N–H and O–H groups in total.